The van der Waals surface area contributed by atoms with Crippen molar-refractivity contribution in [3.05, 3.63) is 65.1 Å². The highest BCUT2D eigenvalue weighted by Crippen LogP contribution is 2.37. The second-order valence-corrected chi connectivity index (χ2v) is 9.44. The molecule has 0 spiro atoms. The fraction of sp³-hybridized carbons (Fsp3) is 0.370. The monoisotopic (exact) mass is 600 g/mol. The van der Waals surface area contributed by atoms with Gasteiger partial charge in [0.25, 0.3) is 5.91 Å². The maximum absolute atomic E-state index is 14.5. The van der Waals surface area contributed by atoms with Crippen molar-refractivity contribution in [2.45, 2.75) is 45.4 Å². The highest BCUT2D eigenvalue weighted by atomic mass is 35.5. The first-order valence-corrected chi connectivity index (χ1v) is 12.5. The molecule has 9 nitrogen and oxygen atoms in total. The molecule has 1 saturated carbocycles. The third-order valence-electron chi connectivity index (χ3n) is 6.06. The lowest BCUT2D eigenvalue weighted by molar-refractivity contribution is -0.119. The van der Waals surface area contributed by atoms with E-state index in [4.69, 9.17) is 14.9 Å². The summed E-state index contributed by atoms with van der Waals surface area (Å²) in [5.74, 6) is -2.80. The first-order valence-electron chi connectivity index (χ1n) is 12.5. The number of alkyl halides is 2. The van der Waals surface area contributed by atoms with Crippen LogP contribution in [0.15, 0.2) is 40.8 Å². The van der Waals surface area contributed by atoms with E-state index in [0.29, 0.717) is 24.2 Å². The van der Waals surface area contributed by atoms with Crippen molar-refractivity contribution in [2.24, 2.45) is 11.7 Å². The molecule has 3 aromatic rings. The lowest BCUT2D eigenvalue weighted by Crippen LogP contribution is -2.38. The van der Waals surface area contributed by atoms with Crippen LogP contribution in [0.4, 0.5) is 17.6 Å². The Morgan fingerprint density at radius 3 is 2.49 bits per heavy atom. The smallest absolute Gasteiger partial charge is 0.387 e. The van der Waals surface area contributed by atoms with Gasteiger partial charge < -0.3 is 30.3 Å². The van der Waals surface area contributed by atoms with Crippen LogP contribution < -0.4 is 25.8 Å². The summed E-state index contributed by atoms with van der Waals surface area (Å²) in [6.45, 7) is -0.136. The average molecular weight is 601 g/mol. The van der Waals surface area contributed by atoms with Crippen molar-refractivity contribution in [1.29, 1.82) is 0 Å². The van der Waals surface area contributed by atoms with E-state index in [0.717, 1.165) is 25.0 Å². The molecule has 0 aliphatic heterocycles. The van der Waals surface area contributed by atoms with Crippen molar-refractivity contribution in [3.8, 4) is 23.0 Å². The lowest BCUT2D eigenvalue weighted by Gasteiger charge is -2.20. The van der Waals surface area contributed by atoms with Crippen LogP contribution in [0, 0.1) is 17.6 Å². The summed E-state index contributed by atoms with van der Waals surface area (Å²) in [6.07, 6.45) is 1.96. The van der Waals surface area contributed by atoms with Crippen molar-refractivity contribution in [1.82, 2.24) is 15.6 Å². The van der Waals surface area contributed by atoms with Gasteiger partial charge in [-0.2, -0.15) is 8.78 Å². The van der Waals surface area contributed by atoms with Crippen LogP contribution in [-0.2, 0) is 4.79 Å². The Balaban J connectivity index is 0.00000462. The molecule has 4 rings (SSSR count). The number of aromatic nitrogens is 1. The number of rotatable bonds is 12. The molecular weight excluding hydrogens is 572 g/mol. The molecule has 2 aromatic carbocycles. The molecule has 14 heteroatoms. The van der Waals surface area contributed by atoms with Gasteiger partial charge >= 0.3 is 6.61 Å². The summed E-state index contributed by atoms with van der Waals surface area (Å²) in [7, 11) is 0. The Morgan fingerprint density at radius 1 is 1.15 bits per heavy atom. The molecule has 1 heterocycles. The van der Waals surface area contributed by atoms with Crippen LogP contribution in [-0.4, -0.2) is 36.6 Å². The van der Waals surface area contributed by atoms with E-state index in [2.05, 4.69) is 20.4 Å². The van der Waals surface area contributed by atoms with Gasteiger partial charge in [-0.3, -0.25) is 9.59 Å². The Bertz CT molecular complexity index is 1380. The summed E-state index contributed by atoms with van der Waals surface area (Å²) in [4.78, 5) is 29.1. The van der Waals surface area contributed by atoms with Crippen LogP contribution in [0.25, 0.3) is 11.5 Å². The molecule has 4 N–H and O–H groups in total. The summed E-state index contributed by atoms with van der Waals surface area (Å²) in [5.41, 5.74) is 6.04. The van der Waals surface area contributed by atoms with E-state index in [1.165, 1.54) is 25.1 Å². The van der Waals surface area contributed by atoms with E-state index in [9.17, 15) is 27.2 Å². The van der Waals surface area contributed by atoms with Crippen molar-refractivity contribution < 1.29 is 41.0 Å². The number of oxazole rings is 1. The van der Waals surface area contributed by atoms with Gasteiger partial charge in [-0.15, -0.1) is 12.4 Å². The molecule has 0 radical (unpaired) electrons. The van der Waals surface area contributed by atoms with E-state index >= 15 is 0 Å². The van der Waals surface area contributed by atoms with E-state index < -0.39 is 42.1 Å². The zero-order chi connectivity index (χ0) is 29.0. The van der Waals surface area contributed by atoms with Gasteiger partial charge in [0.05, 0.1) is 18.7 Å². The highest BCUT2D eigenvalue weighted by molar-refractivity contribution is 5.94. The maximum Gasteiger partial charge on any atom is 0.387 e. The minimum Gasteiger partial charge on any atom is -0.489 e. The highest BCUT2D eigenvalue weighted by Gasteiger charge is 2.28. The predicted molar refractivity (Wildman–Crippen MR) is 142 cm³/mol. The second-order valence-electron chi connectivity index (χ2n) is 9.44. The first-order chi connectivity index (χ1) is 19.0. The number of nitrogens with zero attached hydrogens (tertiary/aromatic N) is 1. The second kappa shape index (κ2) is 13.7. The fourth-order valence-electron chi connectivity index (χ4n) is 3.86. The lowest BCUT2D eigenvalue weighted by atomic mass is 10.1. The van der Waals surface area contributed by atoms with Gasteiger partial charge in [-0.1, -0.05) is 6.07 Å². The third-order valence-corrected chi connectivity index (χ3v) is 6.06. The van der Waals surface area contributed by atoms with Crippen LogP contribution in [0.5, 0.6) is 11.5 Å². The number of nitrogens with one attached hydrogen (secondary N) is 2. The zero-order valence-electron chi connectivity index (χ0n) is 22.1. The van der Waals surface area contributed by atoms with Crippen LogP contribution in [0.3, 0.4) is 0 Å². The summed E-state index contributed by atoms with van der Waals surface area (Å²) >= 11 is 0. The Kier molecular flexibility index (Phi) is 10.6. The Hall–Kier alpha value is -3.84. The third kappa shape index (κ3) is 8.33. The normalized spacial score (nSPS) is 14.1. The fourth-order valence-corrected chi connectivity index (χ4v) is 3.86. The van der Waals surface area contributed by atoms with Gasteiger partial charge in [0.15, 0.2) is 23.0 Å². The minimum absolute atomic E-state index is 0. The molecule has 2 atom stereocenters. The van der Waals surface area contributed by atoms with Gasteiger partial charge in [-0.25, -0.2) is 13.8 Å². The summed E-state index contributed by atoms with van der Waals surface area (Å²) in [5, 5.41) is 5.08. The molecule has 41 heavy (non-hydrogen) atoms. The number of hydrogen-bond donors (Lipinski definition) is 3. The van der Waals surface area contributed by atoms with Crippen LogP contribution >= 0.6 is 12.4 Å². The molecule has 0 unspecified atom stereocenters. The molecule has 1 aliphatic rings. The zero-order valence-corrected chi connectivity index (χ0v) is 22.9. The quantitative estimate of drug-likeness (QED) is 0.248. The Morgan fingerprint density at radius 2 is 1.88 bits per heavy atom. The Labute approximate surface area is 239 Å². The largest absolute Gasteiger partial charge is 0.489 e. The number of ether oxygens (including phenoxy) is 2. The molecule has 0 saturated heterocycles. The molecule has 1 fully saturated rings. The summed E-state index contributed by atoms with van der Waals surface area (Å²) in [6, 6.07) is 5.05. The molecule has 1 aromatic heterocycles. The number of nitrogens with two attached hydrogens (primary N) is 1. The summed E-state index contributed by atoms with van der Waals surface area (Å²) < 4.78 is 69.9. The number of carbonyl (C=O) groups excluding carboxylic acids is 2. The van der Waals surface area contributed by atoms with Crippen LogP contribution in [0.2, 0.25) is 0 Å². The van der Waals surface area contributed by atoms with Crippen molar-refractivity contribution in [2.75, 3.05) is 13.2 Å². The average Bonchev–Trinajstić information content (AvgIpc) is 3.60. The van der Waals surface area contributed by atoms with E-state index in [-0.39, 0.29) is 53.4 Å². The topological polar surface area (TPSA) is 129 Å². The minimum atomic E-state index is -3.06. The number of halogens is 5. The van der Waals surface area contributed by atoms with Gasteiger partial charge in [-0.05, 0) is 49.9 Å². The molecule has 1 aliphatic carbocycles. The van der Waals surface area contributed by atoms with E-state index in [1.807, 2.05) is 0 Å². The van der Waals surface area contributed by atoms with Gasteiger partial charge in [0, 0.05) is 30.7 Å². The van der Waals surface area contributed by atoms with E-state index in [1.54, 1.807) is 6.92 Å². The van der Waals surface area contributed by atoms with Crippen LogP contribution in [0.1, 0.15) is 60.6 Å². The molecule has 0 bridgehead atoms. The maximum atomic E-state index is 14.5. The first kappa shape index (κ1) is 31.7. The van der Waals surface area contributed by atoms with Crippen molar-refractivity contribution in [3.63, 3.8) is 0 Å². The van der Waals surface area contributed by atoms with Gasteiger partial charge in [0.1, 0.15) is 11.6 Å². The van der Waals surface area contributed by atoms with Gasteiger partial charge in [0.2, 0.25) is 11.8 Å². The number of hydrogen-bond acceptors (Lipinski definition) is 7. The predicted octanol–water partition coefficient (Wildman–Crippen LogP) is 5.06. The number of amides is 2. The molecule has 222 valence electrons. The molecule has 2 amide bonds. The number of benzene rings is 2. The van der Waals surface area contributed by atoms with Crippen molar-refractivity contribution >= 4 is 24.2 Å². The standard InChI is InChI=1S/C27H28F4N4O5.ClH/c1-13(32)24-23(25(37)34-20(11-33-14(2)36)18-7-6-17(28)10-19(18)29)35-26(40-24)16-5-8-21(39-27(30)31)22(9-16)38-12-15-3-4-15;/h5-10,13,15,20,27H,3-4,11-12,32H2,1-2H3,(H,33,36)(H,34,37);1H/t13-,20+;/m0./s1. The number of carbonyl (C=O) groups is 2. The SMILES string of the molecule is CC(=O)NC[C@@H](NC(=O)c1nc(-c2ccc(OC(F)F)c(OCC3CC3)c2)oc1[C@H](C)N)c1ccc(F)cc1F.Cl. The molecular formula is C27H29ClF4N4O5.